The molecular formula is C29H33FN8OS. The van der Waals surface area contributed by atoms with Crippen molar-refractivity contribution in [3.8, 4) is 23.3 Å². The third-order valence-electron chi connectivity index (χ3n) is 8.66. The van der Waals surface area contributed by atoms with E-state index in [9.17, 15) is 9.65 Å². The first kappa shape index (κ1) is 26.6. The van der Waals surface area contributed by atoms with E-state index in [1.165, 1.54) is 12.5 Å². The summed E-state index contributed by atoms with van der Waals surface area (Å²) in [7, 11) is 6.35. The number of hydrogen-bond donors (Lipinski definition) is 2. The molecule has 4 aromatic rings. The Hall–Kier alpha value is -3.59. The first-order valence-corrected chi connectivity index (χ1v) is 14.4. The molecule has 3 N–H and O–H groups in total. The highest BCUT2D eigenvalue weighted by Gasteiger charge is 2.39. The van der Waals surface area contributed by atoms with Crippen molar-refractivity contribution in [1.82, 2.24) is 24.8 Å². The van der Waals surface area contributed by atoms with Gasteiger partial charge in [-0.3, -0.25) is 4.98 Å². The van der Waals surface area contributed by atoms with E-state index in [1.54, 1.807) is 12.3 Å². The Bertz CT molecular complexity index is 1630. The molecule has 208 valence electrons. The number of pyridine rings is 1. The lowest BCUT2D eigenvalue weighted by atomic mass is 9.75. The molecule has 1 saturated heterocycles. The van der Waals surface area contributed by atoms with Gasteiger partial charge in [0.2, 0.25) is 0 Å². The molecule has 1 aliphatic carbocycles. The average Bonchev–Trinajstić information content (AvgIpc) is 3.48. The van der Waals surface area contributed by atoms with Crippen LogP contribution in [0.25, 0.3) is 32.2 Å². The highest BCUT2D eigenvalue weighted by molar-refractivity contribution is 7.23. The largest absolute Gasteiger partial charge is 0.462 e. The topological polar surface area (TPSA) is 116 Å². The minimum atomic E-state index is -0.412. The number of hydrogen-bond acceptors (Lipinski definition) is 10. The standard InChI is InChI=1S/C29H33FN8OS/c1-37(2)29(9-5-10-29)16-34-27-20-14-33-22(18-7-8-21(30)25-24(18)19(13-31)26(32)40-25)12-23(20)35-28(36-27)39-15-17-6-4-11-38(17)3/h7-8,12,14,17H,4-6,9-11,15-16,32H2,1-3H3,(H,34,35,36). The molecule has 1 saturated carbocycles. The fourth-order valence-corrected chi connectivity index (χ4v) is 6.79. The number of halogens is 1. The first-order chi connectivity index (χ1) is 19.3. The van der Waals surface area contributed by atoms with Crippen molar-refractivity contribution in [2.24, 2.45) is 0 Å². The van der Waals surface area contributed by atoms with Crippen molar-refractivity contribution in [2.45, 2.75) is 43.7 Å². The lowest BCUT2D eigenvalue weighted by molar-refractivity contribution is 0.0738. The molecule has 0 bridgehead atoms. The predicted molar refractivity (Wildman–Crippen MR) is 157 cm³/mol. The van der Waals surface area contributed by atoms with Gasteiger partial charge in [0.1, 0.15) is 29.3 Å². The number of nitrogen functional groups attached to an aromatic ring is 1. The third kappa shape index (κ3) is 4.60. The lowest BCUT2D eigenvalue weighted by Crippen LogP contribution is -2.54. The molecule has 1 aromatic carbocycles. The second kappa shape index (κ2) is 10.4. The van der Waals surface area contributed by atoms with Crippen molar-refractivity contribution in [1.29, 1.82) is 5.26 Å². The number of benzene rings is 1. The van der Waals surface area contributed by atoms with Crippen LogP contribution in [0, 0.1) is 17.1 Å². The van der Waals surface area contributed by atoms with Crippen LogP contribution in [-0.2, 0) is 0 Å². The maximum atomic E-state index is 14.7. The summed E-state index contributed by atoms with van der Waals surface area (Å²) < 4.78 is 21.2. The maximum Gasteiger partial charge on any atom is 0.319 e. The number of nitriles is 1. The van der Waals surface area contributed by atoms with Crippen molar-refractivity contribution in [3.05, 3.63) is 35.8 Å². The summed E-state index contributed by atoms with van der Waals surface area (Å²) in [6, 6.07) is 7.66. The van der Waals surface area contributed by atoms with Crippen LogP contribution in [-0.4, -0.2) is 77.2 Å². The molecule has 9 nitrogen and oxygen atoms in total. The predicted octanol–water partition coefficient (Wildman–Crippen LogP) is 4.87. The zero-order valence-corrected chi connectivity index (χ0v) is 23.8. The fraction of sp³-hybridized carbons (Fsp3) is 0.448. The SMILES string of the molecule is CN1CCCC1COc1nc(NCC2(N(C)C)CCC2)c2cnc(-c3ccc(F)c4sc(N)c(C#N)c34)cc2n1. The Labute approximate surface area is 236 Å². The molecule has 3 aromatic heterocycles. The van der Waals surface area contributed by atoms with E-state index in [0.29, 0.717) is 51.3 Å². The van der Waals surface area contributed by atoms with E-state index < -0.39 is 5.82 Å². The molecule has 0 spiro atoms. The van der Waals surface area contributed by atoms with E-state index >= 15 is 0 Å². The van der Waals surface area contributed by atoms with Gasteiger partial charge in [-0.25, -0.2) is 4.39 Å². The number of anilines is 2. The van der Waals surface area contributed by atoms with Crippen molar-refractivity contribution in [3.63, 3.8) is 0 Å². The van der Waals surface area contributed by atoms with E-state index in [4.69, 9.17) is 25.4 Å². The summed E-state index contributed by atoms with van der Waals surface area (Å²) in [5.74, 6) is 0.263. The van der Waals surface area contributed by atoms with Crippen LogP contribution in [0.1, 0.15) is 37.7 Å². The van der Waals surface area contributed by atoms with E-state index in [2.05, 4.69) is 42.3 Å². The van der Waals surface area contributed by atoms with Gasteiger partial charge in [-0.15, -0.1) is 11.3 Å². The molecule has 2 aliphatic rings. The van der Waals surface area contributed by atoms with E-state index in [-0.39, 0.29) is 16.1 Å². The molecule has 40 heavy (non-hydrogen) atoms. The van der Waals surface area contributed by atoms with Crippen LogP contribution >= 0.6 is 11.3 Å². The molecular weight excluding hydrogens is 527 g/mol. The zero-order valence-electron chi connectivity index (χ0n) is 23.0. The number of nitrogens with one attached hydrogen (secondary N) is 1. The number of likely N-dealkylation sites (N-methyl/N-ethyl adjacent to an activating group) is 2. The van der Waals surface area contributed by atoms with Gasteiger partial charge in [-0.1, -0.05) is 0 Å². The van der Waals surface area contributed by atoms with Crippen molar-refractivity contribution in [2.75, 3.05) is 51.9 Å². The fourth-order valence-electron chi connectivity index (χ4n) is 5.84. The molecule has 1 atom stereocenters. The number of likely N-dealkylation sites (tertiary alicyclic amines) is 1. The number of ether oxygens (including phenoxy) is 1. The summed E-state index contributed by atoms with van der Waals surface area (Å²) in [5, 5.41) is 14.9. The zero-order chi connectivity index (χ0) is 28.0. The van der Waals surface area contributed by atoms with Gasteiger partial charge in [0.25, 0.3) is 0 Å². The Kier molecular flexibility index (Phi) is 6.94. The van der Waals surface area contributed by atoms with Gasteiger partial charge in [0.15, 0.2) is 0 Å². The summed E-state index contributed by atoms with van der Waals surface area (Å²) in [4.78, 5) is 18.8. The maximum absolute atomic E-state index is 14.7. The summed E-state index contributed by atoms with van der Waals surface area (Å²) in [6.45, 7) is 2.32. The van der Waals surface area contributed by atoms with Gasteiger partial charge in [0.05, 0.1) is 26.9 Å². The molecule has 6 rings (SSSR count). The number of nitrogens with zero attached hydrogens (tertiary/aromatic N) is 6. The first-order valence-electron chi connectivity index (χ1n) is 13.6. The number of aromatic nitrogens is 3. The molecule has 2 fully saturated rings. The number of nitrogens with two attached hydrogens (primary N) is 1. The Morgan fingerprint density at radius 3 is 2.80 bits per heavy atom. The van der Waals surface area contributed by atoms with E-state index in [0.717, 1.165) is 55.5 Å². The number of thiophene rings is 1. The van der Waals surface area contributed by atoms with Crippen LogP contribution in [0.2, 0.25) is 0 Å². The van der Waals surface area contributed by atoms with Crippen LogP contribution in [0.4, 0.5) is 15.2 Å². The molecule has 11 heteroatoms. The molecule has 1 aliphatic heterocycles. The summed E-state index contributed by atoms with van der Waals surface area (Å²) in [6.07, 6.45) is 7.44. The number of rotatable bonds is 8. The minimum Gasteiger partial charge on any atom is -0.462 e. The Morgan fingerprint density at radius 2 is 2.12 bits per heavy atom. The van der Waals surface area contributed by atoms with Gasteiger partial charge >= 0.3 is 6.01 Å². The normalized spacial score (nSPS) is 18.8. The average molecular weight is 561 g/mol. The smallest absolute Gasteiger partial charge is 0.319 e. The van der Waals surface area contributed by atoms with Gasteiger partial charge in [-0.05, 0) is 78.0 Å². The second-order valence-corrected chi connectivity index (χ2v) is 12.2. The van der Waals surface area contributed by atoms with Gasteiger partial charge in [0, 0.05) is 35.3 Å². The molecule has 1 unspecified atom stereocenters. The highest BCUT2D eigenvalue weighted by atomic mass is 32.1. The van der Waals surface area contributed by atoms with E-state index in [1.807, 2.05) is 6.07 Å². The quantitative estimate of drug-likeness (QED) is 0.311. The highest BCUT2D eigenvalue weighted by Crippen LogP contribution is 2.41. The van der Waals surface area contributed by atoms with Crippen molar-refractivity contribution >= 4 is 43.1 Å². The van der Waals surface area contributed by atoms with Crippen molar-refractivity contribution < 1.29 is 9.13 Å². The van der Waals surface area contributed by atoms with Crippen LogP contribution in [0.5, 0.6) is 6.01 Å². The Balaban J connectivity index is 1.41. The molecule has 0 radical (unpaired) electrons. The van der Waals surface area contributed by atoms with Crippen LogP contribution in [0.3, 0.4) is 0 Å². The second-order valence-electron chi connectivity index (χ2n) is 11.1. The van der Waals surface area contributed by atoms with Gasteiger partial charge < -0.3 is 25.6 Å². The summed E-state index contributed by atoms with van der Waals surface area (Å²) in [5.41, 5.74) is 8.28. The Morgan fingerprint density at radius 1 is 1.30 bits per heavy atom. The monoisotopic (exact) mass is 560 g/mol. The molecule has 0 amide bonds. The lowest BCUT2D eigenvalue weighted by Gasteiger charge is -2.47. The minimum absolute atomic E-state index is 0.0878. The summed E-state index contributed by atoms with van der Waals surface area (Å²) >= 11 is 1.07. The third-order valence-corrected chi connectivity index (χ3v) is 9.69. The van der Waals surface area contributed by atoms with Crippen LogP contribution in [0.15, 0.2) is 24.4 Å². The van der Waals surface area contributed by atoms with Crippen LogP contribution < -0.4 is 15.8 Å². The number of fused-ring (bicyclic) bond motifs is 2. The van der Waals surface area contributed by atoms with Gasteiger partial charge in [-0.2, -0.15) is 15.2 Å². The molecule has 4 heterocycles.